The molecule has 0 radical (unpaired) electrons. The van der Waals surface area contributed by atoms with Crippen molar-refractivity contribution in [1.29, 1.82) is 0 Å². The molecule has 1 aromatic carbocycles. The first-order valence-electron chi connectivity index (χ1n) is 8.34. The molecule has 0 saturated carbocycles. The van der Waals surface area contributed by atoms with Crippen molar-refractivity contribution in [3.8, 4) is 0 Å². The minimum Gasteiger partial charge on any atom is -0.368 e. The maximum absolute atomic E-state index is 12.6. The molecule has 2 atom stereocenters. The Morgan fingerprint density at radius 1 is 1.33 bits per heavy atom. The van der Waals surface area contributed by atoms with E-state index in [4.69, 9.17) is 4.74 Å². The van der Waals surface area contributed by atoms with Crippen LogP contribution in [0.2, 0.25) is 0 Å². The number of likely N-dealkylation sites (tertiary alicyclic amines) is 1. The van der Waals surface area contributed by atoms with E-state index < -0.39 is 10.0 Å². The molecule has 1 amide bonds. The first-order valence-corrected chi connectivity index (χ1v) is 10.2. The summed E-state index contributed by atoms with van der Waals surface area (Å²) in [6.45, 7) is 1.56. The van der Waals surface area contributed by atoms with E-state index in [1.165, 1.54) is 0 Å². The van der Waals surface area contributed by atoms with Crippen molar-refractivity contribution in [3.63, 3.8) is 0 Å². The lowest BCUT2D eigenvalue weighted by molar-refractivity contribution is -0.116. The number of hydrogen-bond acceptors (Lipinski definition) is 4. The summed E-state index contributed by atoms with van der Waals surface area (Å²) in [5, 5.41) is 0. The molecule has 1 spiro atoms. The number of carbonyl (C=O) groups excluding carboxylic acids is 1. The number of amides is 1. The molecule has 3 rings (SSSR count). The minimum absolute atomic E-state index is 0.0347. The van der Waals surface area contributed by atoms with Crippen LogP contribution in [0, 0.1) is 0 Å². The number of rotatable bonds is 4. The van der Waals surface area contributed by atoms with Crippen molar-refractivity contribution in [3.05, 3.63) is 35.9 Å². The second kappa shape index (κ2) is 6.82. The Morgan fingerprint density at radius 2 is 2.08 bits per heavy atom. The SMILES string of the molecule is CS(=O)(=O)NC[C@H]1CCC[C@]2(CCN(C(=O)c3ccccc3)C2)O1. The normalized spacial score (nSPS) is 27.5. The number of carbonyl (C=O) groups is 1. The van der Waals surface area contributed by atoms with Crippen LogP contribution in [0.5, 0.6) is 0 Å². The van der Waals surface area contributed by atoms with Gasteiger partial charge in [-0.2, -0.15) is 0 Å². The van der Waals surface area contributed by atoms with Crippen LogP contribution < -0.4 is 4.72 Å². The van der Waals surface area contributed by atoms with E-state index in [0.29, 0.717) is 25.2 Å². The zero-order valence-electron chi connectivity index (χ0n) is 13.9. The van der Waals surface area contributed by atoms with Crippen LogP contribution in [-0.4, -0.2) is 56.8 Å². The second-order valence-electron chi connectivity index (χ2n) is 6.78. The molecule has 7 heteroatoms. The van der Waals surface area contributed by atoms with Gasteiger partial charge in [0.1, 0.15) is 0 Å². The van der Waals surface area contributed by atoms with Crippen molar-refractivity contribution in [2.45, 2.75) is 37.4 Å². The third kappa shape index (κ3) is 4.15. The monoisotopic (exact) mass is 352 g/mol. The Balaban J connectivity index is 1.62. The van der Waals surface area contributed by atoms with E-state index in [1.807, 2.05) is 35.2 Å². The van der Waals surface area contributed by atoms with Gasteiger partial charge in [-0.25, -0.2) is 13.1 Å². The quantitative estimate of drug-likeness (QED) is 0.888. The van der Waals surface area contributed by atoms with Gasteiger partial charge in [0.15, 0.2) is 0 Å². The molecule has 1 aromatic rings. The minimum atomic E-state index is -3.21. The fourth-order valence-electron chi connectivity index (χ4n) is 3.59. The van der Waals surface area contributed by atoms with E-state index in [0.717, 1.165) is 31.9 Å². The van der Waals surface area contributed by atoms with Crippen LogP contribution in [0.4, 0.5) is 0 Å². The Kier molecular flexibility index (Phi) is 4.94. The van der Waals surface area contributed by atoms with Crippen LogP contribution in [0.15, 0.2) is 30.3 Å². The van der Waals surface area contributed by atoms with Crippen LogP contribution >= 0.6 is 0 Å². The van der Waals surface area contributed by atoms with Crippen molar-refractivity contribution < 1.29 is 17.9 Å². The molecule has 24 heavy (non-hydrogen) atoms. The highest BCUT2D eigenvalue weighted by atomic mass is 32.2. The topological polar surface area (TPSA) is 75.7 Å². The van der Waals surface area contributed by atoms with Gasteiger partial charge in [0.05, 0.1) is 24.5 Å². The highest BCUT2D eigenvalue weighted by Crippen LogP contribution is 2.37. The maximum atomic E-state index is 12.6. The standard InChI is InChI=1S/C17H24N2O4S/c1-24(21,22)18-12-15-8-5-9-17(23-15)10-11-19(13-17)16(20)14-6-3-2-4-7-14/h2-4,6-7,15,18H,5,8-13H2,1H3/t15-,17-/m1/s1. The van der Waals surface area contributed by atoms with Gasteiger partial charge in [-0.15, -0.1) is 0 Å². The van der Waals surface area contributed by atoms with Gasteiger partial charge in [-0.05, 0) is 37.8 Å². The van der Waals surface area contributed by atoms with Gasteiger partial charge >= 0.3 is 0 Å². The molecule has 132 valence electrons. The summed E-state index contributed by atoms with van der Waals surface area (Å²) >= 11 is 0. The van der Waals surface area contributed by atoms with E-state index in [1.54, 1.807) is 0 Å². The maximum Gasteiger partial charge on any atom is 0.253 e. The molecule has 0 bridgehead atoms. The van der Waals surface area contributed by atoms with Crippen molar-refractivity contribution in [2.24, 2.45) is 0 Å². The van der Waals surface area contributed by atoms with Crippen molar-refractivity contribution in [1.82, 2.24) is 9.62 Å². The van der Waals surface area contributed by atoms with E-state index in [2.05, 4.69) is 4.72 Å². The number of benzene rings is 1. The van der Waals surface area contributed by atoms with Crippen molar-refractivity contribution >= 4 is 15.9 Å². The summed E-state index contributed by atoms with van der Waals surface area (Å²) in [6.07, 6.45) is 4.59. The van der Waals surface area contributed by atoms with Crippen LogP contribution in [0.3, 0.4) is 0 Å². The molecule has 0 aliphatic carbocycles. The lowest BCUT2D eigenvalue weighted by Crippen LogP contribution is -2.47. The highest BCUT2D eigenvalue weighted by molar-refractivity contribution is 7.88. The zero-order chi connectivity index (χ0) is 17.2. The van der Waals surface area contributed by atoms with Crippen LogP contribution in [-0.2, 0) is 14.8 Å². The average molecular weight is 352 g/mol. The second-order valence-corrected chi connectivity index (χ2v) is 8.61. The summed E-state index contributed by atoms with van der Waals surface area (Å²) < 4.78 is 31.3. The Labute approximate surface area is 143 Å². The van der Waals surface area contributed by atoms with Crippen LogP contribution in [0.25, 0.3) is 0 Å². The summed E-state index contributed by atoms with van der Waals surface area (Å²) in [5.74, 6) is 0.0347. The lowest BCUT2D eigenvalue weighted by Gasteiger charge is -2.38. The molecule has 1 N–H and O–H groups in total. The number of ether oxygens (including phenoxy) is 1. The first kappa shape index (κ1) is 17.4. The number of hydrogen-bond donors (Lipinski definition) is 1. The fraction of sp³-hybridized carbons (Fsp3) is 0.588. The van der Waals surface area contributed by atoms with Gasteiger partial charge in [-0.1, -0.05) is 18.2 Å². The third-order valence-corrected chi connectivity index (χ3v) is 5.46. The first-order chi connectivity index (χ1) is 11.4. The van der Waals surface area contributed by atoms with Gasteiger partial charge in [-0.3, -0.25) is 4.79 Å². The molecule has 2 heterocycles. The van der Waals surface area contributed by atoms with E-state index in [9.17, 15) is 13.2 Å². The molecule has 0 unspecified atom stereocenters. The Hall–Kier alpha value is -1.44. The molecular formula is C17H24N2O4S. The zero-order valence-corrected chi connectivity index (χ0v) is 14.7. The number of sulfonamides is 1. The van der Waals surface area contributed by atoms with Crippen LogP contribution in [0.1, 0.15) is 36.0 Å². The molecule has 6 nitrogen and oxygen atoms in total. The summed E-state index contributed by atoms with van der Waals surface area (Å²) in [7, 11) is -3.21. The Morgan fingerprint density at radius 3 is 2.79 bits per heavy atom. The van der Waals surface area contributed by atoms with E-state index in [-0.39, 0.29) is 17.6 Å². The fourth-order valence-corrected chi connectivity index (χ4v) is 4.08. The van der Waals surface area contributed by atoms with Gasteiger partial charge in [0, 0.05) is 18.7 Å². The highest BCUT2D eigenvalue weighted by Gasteiger charge is 2.44. The smallest absolute Gasteiger partial charge is 0.253 e. The summed E-state index contributed by atoms with van der Waals surface area (Å²) in [4.78, 5) is 14.4. The predicted octanol–water partition coefficient (Wildman–Crippen LogP) is 1.39. The molecule has 2 aliphatic rings. The number of nitrogens with one attached hydrogen (secondary N) is 1. The number of nitrogens with zero attached hydrogens (tertiary/aromatic N) is 1. The van der Waals surface area contributed by atoms with Gasteiger partial charge in [0.25, 0.3) is 5.91 Å². The molecule has 2 aliphatic heterocycles. The Bertz CT molecular complexity index is 692. The third-order valence-electron chi connectivity index (χ3n) is 4.77. The van der Waals surface area contributed by atoms with Gasteiger partial charge < -0.3 is 9.64 Å². The average Bonchev–Trinajstić information content (AvgIpc) is 2.96. The lowest BCUT2D eigenvalue weighted by atomic mass is 9.90. The molecule has 2 saturated heterocycles. The van der Waals surface area contributed by atoms with Crippen molar-refractivity contribution in [2.75, 3.05) is 25.9 Å². The molecule has 0 aromatic heterocycles. The molecule has 2 fully saturated rings. The summed E-state index contributed by atoms with van der Waals surface area (Å²) in [5.41, 5.74) is 0.368. The predicted molar refractivity (Wildman–Crippen MR) is 91.3 cm³/mol. The molecular weight excluding hydrogens is 328 g/mol. The largest absolute Gasteiger partial charge is 0.368 e. The van der Waals surface area contributed by atoms with E-state index >= 15 is 0 Å². The summed E-state index contributed by atoms with van der Waals surface area (Å²) in [6, 6.07) is 9.28. The van der Waals surface area contributed by atoms with Gasteiger partial charge in [0.2, 0.25) is 10.0 Å².